The van der Waals surface area contributed by atoms with Gasteiger partial charge in [0.15, 0.2) is 0 Å². The summed E-state index contributed by atoms with van der Waals surface area (Å²) in [6.07, 6.45) is 0.814. The van der Waals surface area contributed by atoms with Crippen LogP contribution in [0.15, 0.2) is 0 Å². The van der Waals surface area contributed by atoms with Crippen molar-refractivity contribution in [1.29, 1.82) is 0 Å². The SMILES string of the molecule is C[C@@H]1CC(=O)CC(C)(C)[C@@H]1C(=O)O. The molecule has 1 rings (SSSR count). The van der Waals surface area contributed by atoms with Crippen LogP contribution in [0.25, 0.3) is 0 Å². The normalized spacial score (nSPS) is 33.0. The van der Waals surface area contributed by atoms with Crippen LogP contribution in [0.3, 0.4) is 0 Å². The Hall–Kier alpha value is -0.860. The fourth-order valence-corrected chi connectivity index (χ4v) is 2.52. The molecule has 0 bridgehead atoms. The second kappa shape index (κ2) is 3.13. The summed E-state index contributed by atoms with van der Waals surface area (Å²) in [5.74, 6) is -1.00. The van der Waals surface area contributed by atoms with Crippen molar-refractivity contribution < 1.29 is 14.7 Å². The van der Waals surface area contributed by atoms with Crippen LogP contribution >= 0.6 is 0 Å². The molecule has 3 heteroatoms. The number of Topliss-reactive ketones (excluding diaryl/α,β-unsaturated/α-hetero) is 1. The number of carboxylic acids is 1. The van der Waals surface area contributed by atoms with Gasteiger partial charge in [0.25, 0.3) is 0 Å². The van der Waals surface area contributed by atoms with Gasteiger partial charge in [0, 0.05) is 12.8 Å². The number of hydrogen-bond donors (Lipinski definition) is 1. The lowest BCUT2D eigenvalue weighted by atomic mass is 9.64. The summed E-state index contributed by atoms with van der Waals surface area (Å²) < 4.78 is 0. The lowest BCUT2D eigenvalue weighted by Crippen LogP contribution is -2.42. The highest BCUT2D eigenvalue weighted by atomic mass is 16.4. The van der Waals surface area contributed by atoms with Gasteiger partial charge in [0.2, 0.25) is 0 Å². The Morgan fingerprint density at radius 1 is 1.54 bits per heavy atom. The minimum atomic E-state index is -0.773. The smallest absolute Gasteiger partial charge is 0.307 e. The number of hydrogen-bond acceptors (Lipinski definition) is 2. The van der Waals surface area contributed by atoms with Crippen LogP contribution < -0.4 is 0 Å². The molecule has 1 fully saturated rings. The highest BCUT2D eigenvalue weighted by molar-refractivity contribution is 5.83. The molecule has 0 amide bonds. The third-order valence-corrected chi connectivity index (χ3v) is 2.88. The first-order chi connectivity index (χ1) is 5.84. The first-order valence-electron chi connectivity index (χ1n) is 4.59. The predicted octanol–water partition coefficient (Wildman–Crippen LogP) is 1.71. The van der Waals surface area contributed by atoms with E-state index in [1.54, 1.807) is 0 Å². The van der Waals surface area contributed by atoms with Crippen molar-refractivity contribution in [3.05, 3.63) is 0 Å². The lowest BCUT2D eigenvalue weighted by molar-refractivity contribution is -0.152. The third kappa shape index (κ3) is 1.90. The van der Waals surface area contributed by atoms with Crippen molar-refractivity contribution >= 4 is 11.8 Å². The average molecular weight is 184 g/mol. The van der Waals surface area contributed by atoms with Crippen LogP contribution in [0.4, 0.5) is 0 Å². The maximum Gasteiger partial charge on any atom is 0.307 e. The highest BCUT2D eigenvalue weighted by Gasteiger charge is 2.44. The Bertz CT molecular complexity index is 243. The monoisotopic (exact) mass is 184 g/mol. The minimum absolute atomic E-state index is 0.0336. The zero-order chi connectivity index (χ0) is 10.2. The Balaban J connectivity index is 2.92. The van der Waals surface area contributed by atoms with E-state index < -0.39 is 5.97 Å². The zero-order valence-corrected chi connectivity index (χ0v) is 8.33. The van der Waals surface area contributed by atoms with Gasteiger partial charge < -0.3 is 5.11 Å². The molecule has 0 heterocycles. The largest absolute Gasteiger partial charge is 0.481 e. The topological polar surface area (TPSA) is 54.4 Å². The van der Waals surface area contributed by atoms with Gasteiger partial charge in [-0.2, -0.15) is 0 Å². The zero-order valence-electron chi connectivity index (χ0n) is 8.33. The van der Waals surface area contributed by atoms with Gasteiger partial charge >= 0.3 is 5.97 Å². The van der Waals surface area contributed by atoms with E-state index in [4.69, 9.17) is 5.11 Å². The van der Waals surface area contributed by atoms with Crippen molar-refractivity contribution in [2.75, 3.05) is 0 Å². The van der Waals surface area contributed by atoms with Crippen LogP contribution in [-0.4, -0.2) is 16.9 Å². The fraction of sp³-hybridized carbons (Fsp3) is 0.800. The second-order valence-corrected chi connectivity index (χ2v) is 4.70. The van der Waals surface area contributed by atoms with Gasteiger partial charge in [-0.1, -0.05) is 20.8 Å². The molecule has 0 aliphatic heterocycles. The molecule has 0 saturated heterocycles. The molecule has 0 aromatic carbocycles. The molecule has 1 aliphatic rings. The predicted molar refractivity (Wildman–Crippen MR) is 48.3 cm³/mol. The third-order valence-electron chi connectivity index (χ3n) is 2.88. The summed E-state index contributed by atoms with van der Waals surface area (Å²) >= 11 is 0. The number of carbonyl (C=O) groups is 2. The quantitative estimate of drug-likeness (QED) is 0.675. The Morgan fingerprint density at radius 2 is 2.08 bits per heavy atom. The van der Waals surface area contributed by atoms with Crippen LogP contribution in [0.5, 0.6) is 0 Å². The molecule has 0 spiro atoms. The highest BCUT2D eigenvalue weighted by Crippen LogP contribution is 2.42. The van der Waals surface area contributed by atoms with E-state index in [1.807, 2.05) is 20.8 Å². The van der Waals surface area contributed by atoms with Gasteiger partial charge in [-0.15, -0.1) is 0 Å². The minimum Gasteiger partial charge on any atom is -0.481 e. The van der Waals surface area contributed by atoms with E-state index >= 15 is 0 Å². The molecule has 0 aromatic rings. The van der Waals surface area contributed by atoms with E-state index in [2.05, 4.69) is 0 Å². The van der Waals surface area contributed by atoms with Gasteiger partial charge in [-0.3, -0.25) is 9.59 Å². The number of aliphatic carboxylic acids is 1. The summed E-state index contributed by atoms with van der Waals surface area (Å²) in [5, 5.41) is 9.02. The molecular formula is C10H16O3. The van der Waals surface area contributed by atoms with Gasteiger partial charge in [-0.25, -0.2) is 0 Å². The van der Waals surface area contributed by atoms with Crippen molar-refractivity contribution in [2.24, 2.45) is 17.3 Å². The maximum atomic E-state index is 11.3. The van der Waals surface area contributed by atoms with Crippen LogP contribution in [0.1, 0.15) is 33.6 Å². The van der Waals surface area contributed by atoms with Crippen molar-refractivity contribution in [1.82, 2.24) is 0 Å². The van der Waals surface area contributed by atoms with Gasteiger partial charge in [0.05, 0.1) is 5.92 Å². The van der Waals surface area contributed by atoms with E-state index in [-0.39, 0.29) is 23.0 Å². The number of rotatable bonds is 1. The molecule has 3 nitrogen and oxygen atoms in total. The second-order valence-electron chi connectivity index (χ2n) is 4.70. The Labute approximate surface area is 78.1 Å². The maximum absolute atomic E-state index is 11.3. The molecule has 0 aromatic heterocycles. The molecular weight excluding hydrogens is 168 g/mol. The number of carboxylic acid groups (broad SMARTS) is 1. The molecule has 1 saturated carbocycles. The summed E-state index contributed by atoms with van der Waals surface area (Å²) in [5.41, 5.74) is -0.388. The lowest BCUT2D eigenvalue weighted by Gasteiger charge is -2.39. The average Bonchev–Trinajstić information content (AvgIpc) is 1.78. The standard InChI is InChI=1S/C10H16O3/c1-6-4-7(11)5-10(2,3)8(6)9(12)13/h6,8H,4-5H2,1-3H3,(H,12,13)/t6-,8+/m1/s1. The van der Waals surface area contributed by atoms with E-state index in [9.17, 15) is 9.59 Å². The van der Waals surface area contributed by atoms with Crippen LogP contribution in [0, 0.1) is 17.3 Å². The first-order valence-corrected chi connectivity index (χ1v) is 4.59. The van der Waals surface area contributed by atoms with E-state index in [0.717, 1.165) is 0 Å². The molecule has 2 atom stereocenters. The molecule has 0 radical (unpaired) electrons. The summed E-state index contributed by atoms with van der Waals surface area (Å²) in [6.45, 7) is 5.57. The number of ketones is 1. The Kier molecular flexibility index (Phi) is 2.46. The van der Waals surface area contributed by atoms with E-state index in [1.165, 1.54) is 0 Å². The van der Waals surface area contributed by atoms with E-state index in [0.29, 0.717) is 12.8 Å². The molecule has 1 N–H and O–H groups in total. The molecule has 13 heavy (non-hydrogen) atoms. The summed E-state index contributed by atoms with van der Waals surface area (Å²) in [6, 6.07) is 0. The Morgan fingerprint density at radius 3 is 2.46 bits per heavy atom. The van der Waals surface area contributed by atoms with Gasteiger partial charge in [-0.05, 0) is 11.3 Å². The van der Waals surface area contributed by atoms with Crippen molar-refractivity contribution in [3.63, 3.8) is 0 Å². The fourth-order valence-electron chi connectivity index (χ4n) is 2.52. The van der Waals surface area contributed by atoms with Crippen LogP contribution in [0.2, 0.25) is 0 Å². The summed E-state index contributed by atoms with van der Waals surface area (Å²) in [4.78, 5) is 22.2. The molecule has 0 unspecified atom stereocenters. The van der Waals surface area contributed by atoms with Crippen molar-refractivity contribution in [3.8, 4) is 0 Å². The molecule has 74 valence electrons. The van der Waals surface area contributed by atoms with Crippen LogP contribution in [-0.2, 0) is 9.59 Å². The summed E-state index contributed by atoms with van der Waals surface area (Å²) in [7, 11) is 0. The van der Waals surface area contributed by atoms with Gasteiger partial charge in [0.1, 0.15) is 5.78 Å². The number of carbonyl (C=O) groups excluding carboxylic acids is 1. The first kappa shape index (κ1) is 10.2. The molecule has 1 aliphatic carbocycles. The van der Waals surface area contributed by atoms with Crippen molar-refractivity contribution in [2.45, 2.75) is 33.6 Å².